The summed E-state index contributed by atoms with van der Waals surface area (Å²) < 4.78 is 5.40. The van der Waals surface area contributed by atoms with E-state index in [9.17, 15) is 14.4 Å². The van der Waals surface area contributed by atoms with Gasteiger partial charge in [-0.05, 0) is 39.9 Å². The Morgan fingerprint density at radius 3 is 2.00 bits per heavy atom. The molecule has 4 rings (SSSR count). The molecule has 7 nitrogen and oxygen atoms in total. The summed E-state index contributed by atoms with van der Waals surface area (Å²) in [5.74, 6) is -1.43. The Kier molecular flexibility index (Phi) is 6.17. The zero-order valence-corrected chi connectivity index (χ0v) is 17.2. The number of carboxylic acid groups (broad SMARTS) is 1. The van der Waals surface area contributed by atoms with Gasteiger partial charge >= 0.3 is 12.1 Å². The molecule has 3 aromatic carbocycles. The van der Waals surface area contributed by atoms with Gasteiger partial charge < -0.3 is 20.5 Å². The van der Waals surface area contributed by atoms with Crippen LogP contribution in [-0.2, 0) is 16.1 Å². The summed E-state index contributed by atoms with van der Waals surface area (Å²) in [6, 6.07) is 22.3. The minimum absolute atomic E-state index is 0.0456. The third kappa shape index (κ3) is 4.62. The van der Waals surface area contributed by atoms with Crippen molar-refractivity contribution in [1.82, 2.24) is 10.6 Å². The molecule has 0 aromatic heterocycles. The Bertz CT molecular complexity index is 1110. The van der Waals surface area contributed by atoms with Gasteiger partial charge in [0.25, 0.3) is 0 Å². The minimum Gasteiger partial charge on any atom is -0.478 e. The zero-order valence-electron chi connectivity index (χ0n) is 17.2. The van der Waals surface area contributed by atoms with Crippen molar-refractivity contribution >= 4 is 18.0 Å². The highest BCUT2D eigenvalue weighted by molar-refractivity contribution is 5.87. The number of fused-ring (bicyclic) bond motifs is 3. The van der Waals surface area contributed by atoms with E-state index in [2.05, 4.69) is 22.8 Å². The van der Waals surface area contributed by atoms with Gasteiger partial charge in [0.15, 0.2) is 0 Å². The van der Waals surface area contributed by atoms with Gasteiger partial charge in [-0.2, -0.15) is 0 Å². The van der Waals surface area contributed by atoms with Crippen molar-refractivity contribution in [3.05, 3.63) is 95.1 Å². The van der Waals surface area contributed by atoms with Crippen LogP contribution in [0.2, 0.25) is 0 Å². The van der Waals surface area contributed by atoms with Gasteiger partial charge in [0.1, 0.15) is 13.2 Å². The molecular weight excluding hydrogens is 408 g/mol. The molecule has 3 N–H and O–H groups in total. The number of benzene rings is 3. The predicted molar refractivity (Wildman–Crippen MR) is 118 cm³/mol. The van der Waals surface area contributed by atoms with Crippen molar-refractivity contribution in [2.24, 2.45) is 0 Å². The monoisotopic (exact) mass is 430 g/mol. The fraction of sp³-hybridized carbons (Fsp3) is 0.160. The molecule has 32 heavy (non-hydrogen) atoms. The van der Waals surface area contributed by atoms with Crippen LogP contribution in [0.4, 0.5) is 4.79 Å². The molecule has 2 amide bonds. The second kappa shape index (κ2) is 9.34. The summed E-state index contributed by atoms with van der Waals surface area (Å²) >= 11 is 0. The van der Waals surface area contributed by atoms with Gasteiger partial charge in [0.2, 0.25) is 5.91 Å². The van der Waals surface area contributed by atoms with Crippen LogP contribution < -0.4 is 10.6 Å². The Morgan fingerprint density at radius 2 is 1.41 bits per heavy atom. The number of nitrogens with one attached hydrogen (secondary N) is 2. The van der Waals surface area contributed by atoms with Gasteiger partial charge in [-0.15, -0.1) is 0 Å². The van der Waals surface area contributed by atoms with Crippen molar-refractivity contribution in [3.63, 3.8) is 0 Å². The lowest BCUT2D eigenvalue weighted by molar-refractivity contribution is -0.120. The Morgan fingerprint density at radius 1 is 0.812 bits per heavy atom. The maximum absolute atomic E-state index is 12.1. The second-order valence-corrected chi connectivity index (χ2v) is 7.46. The van der Waals surface area contributed by atoms with Crippen LogP contribution in [0.1, 0.15) is 33.0 Å². The number of carbonyl (C=O) groups excluding carboxylic acids is 2. The van der Waals surface area contributed by atoms with E-state index in [1.54, 1.807) is 12.1 Å². The van der Waals surface area contributed by atoms with Gasteiger partial charge in [-0.25, -0.2) is 9.59 Å². The molecule has 0 saturated carbocycles. The predicted octanol–water partition coefficient (Wildman–Crippen LogP) is 3.54. The third-order valence-corrected chi connectivity index (χ3v) is 5.43. The SMILES string of the molecule is O=C(CNC(=O)OCC1c2ccccc2-c2ccccc21)NCc1ccc(C(=O)O)cc1. The maximum atomic E-state index is 12.1. The van der Waals surface area contributed by atoms with E-state index in [1.807, 2.05) is 36.4 Å². The van der Waals surface area contributed by atoms with Crippen molar-refractivity contribution < 1.29 is 24.2 Å². The first-order valence-corrected chi connectivity index (χ1v) is 10.2. The van der Waals surface area contributed by atoms with Crippen LogP contribution in [0.3, 0.4) is 0 Å². The molecule has 0 aliphatic heterocycles. The summed E-state index contributed by atoms with van der Waals surface area (Å²) in [5.41, 5.74) is 5.46. The first kappa shape index (κ1) is 21.1. The van der Waals surface area contributed by atoms with Crippen molar-refractivity contribution in [2.75, 3.05) is 13.2 Å². The molecule has 7 heteroatoms. The van der Waals surface area contributed by atoms with E-state index < -0.39 is 12.1 Å². The van der Waals surface area contributed by atoms with Gasteiger partial charge in [-0.3, -0.25) is 4.79 Å². The lowest BCUT2D eigenvalue weighted by atomic mass is 9.98. The highest BCUT2D eigenvalue weighted by Crippen LogP contribution is 2.44. The molecule has 0 bridgehead atoms. The maximum Gasteiger partial charge on any atom is 0.407 e. The Hall–Kier alpha value is -4.13. The van der Waals surface area contributed by atoms with Gasteiger partial charge in [0.05, 0.1) is 5.56 Å². The molecule has 1 aliphatic carbocycles. The first-order valence-electron chi connectivity index (χ1n) is 10.2. The van der Waals surface area contributed by atoms with Crippen molar-refractivity contribution in [1.29, 1.82) is 0 Å². The van der Waals surface area contributed by atoms with E-state index in [0.29, 0.717) is 0 Å². The number of rotatable bonds is 7. The highest BCUT2D eigenvalue weighted by atomic mass is 16.5. The highest BCUT2D eigenvalue weighted by Gasteiger charge is 2.29. The minimum atomic E-state index is -1.01. The first-order chi connectivity index (χ1) is 15.5. The van der Waals surface area contributed by atoms with Crippen molar-refractivity contribution in [2.45, 2.75) is 12.5 Å². The molecule has 0 atom stereocenters. The number of alkyl carbamates (subject to hydrolysis) is 1. The standard InChI is InChI=1S/C25H22N2O5/c28-23(26-13-16-9-11-17(12-10-16)24(29)30)14-27-25(31)32-15-22-20-7-3-1-5-18(20)19-6-2-4-8-21(19)22/h1-12,22H,13-15H2,(H,26,28)(H,27,31)(H,29,30). The number of hydrogen-bond acceptors (Lipinski definition) is 4. The summed E-state index contributed by atoms with van der Waals surface area (Å²) in [7, 11) is 0. The van der Waals surface area contributed by atoms with E-state index >= 15 is 0 Å². The van der Waals surface area contributed by atoms with E-state index in [-0.39, 0.29) is 37.1 Å². The molecule has 0 unspecified atom stereocenters. The smallest absolute Gasteiger partial charge is 0.407 e. The van der Waals surface area contributed by atoms with Crippen LogP contribution in [0.15, 0.2) is 72.8 Å². The number of hydrogen-bond donors (Lipinski definition) is 3. The summed E-state index contributed by atoms with van der Waals surface area (Å²) in [5, 5.41) is 14.0. The number of aromatic carboxylic acids is 1. The largest absolute Gasteiger partial charge is 0.478 e. The number of amides is 2. The van der Waals surface area contributed by atoms with Crippen LogP contribution in [0.25, 0.3) is 11.1 Å². The fourth-order valence-electron chi connectivity index (χ4n) is 3.83. The molecule has 3 aromatic rings. The Labute approximate surface area is 185 Å². The normalized spacial score (nSPS) is 11.9. The van der Waals surface area contributed by atoms with E-state index in [4.69, 9.17) is 9.84 Å². The average Bonchev–Trinajstić information content (AvgIpc) is 3.14. The molecule has 0 spiro atoms. The summed E-state index contributed by atoms with van der Waals surface area (Å²) in [6.45, 7) is 0.187. The molecule has 1 aliphatic rings. The van der Waals surface area contributed by atoms with Crippen LogP contribution in [0, 0.1) is 0 Å². The Balaban J connectivity index is 1.25. The quantitative estimate of drug-likeness (QED) is 0.532. The van der Waals surface area contributed by atoms with Gasteiger partial charge in [-0.1, -0.05) is 60.7 Å². The van der Waals surface area contributed by atoms with Crippen LogP contribution >= 0.6 is 0 Å². The van der Waals surface area contributed by atoms with E-state index in [0.717, 1.165) is 27.8 Å². The molecule has 0 fully saturated rings. The lowest BCUT2D eigenvalue weighted by Crippen LogP contribution is -2.37. The molecule has 0 saturated heterocycles. The molecule has 0 heterocycles. The summed E-state index contributed by atoms with van der Waals surface area (Å²) in [4.78, 5) is 35.0. The molecule has 0 radical (unpaired) electrons. The topological polar surface area (TPSA) is 105 Å². The van der Waals surface area contributed by atoms with Crippen LogP contribution in [-0.4, -0.2) is 36.2 Å². The fourth-order valence-corrected chi connectivity index (χ4v) is 3.83. The average molecular weight is 430 g/mol. The molecular formula is C25H22N2O5. The lowest BCUT2D eigenvalue weighted by Gasteiger charge is -2.14. The zero-order chi connectivity index (χ0) is 22.5. The number of ether oxygens (including phenoxy) is 1. The van der Waals surface area contributed by atoms with Crippen molar-refractivity contribution in [3.8, 4) is 11.1 Å². The van der Waals surface area contributed by atoms with E-state index in [1.165, 1.54) is 12.1 Å². The number of carbonyl (C=O) groups is 3. The van der Waals surface area contributed by atoms with Gasteiger partial charge in [0, 0.05) is 12.5 Å². The number of carboxylic acids is 1. The van der Waals surface area contributed by atoms with Crippen LogP contribution in [0.5, 0.6) is 0 Å². The second-order valence-electron chi connectivity index (χ2n) is 7.46. The molecule has 162 valence electrons. The summed E-state index contributed by atoms with van der Waals surface area (Å²) in [6.07, 6.45) is -0.659. The third-order valence-electron chi connectivity index (χ3n) is 5.43.